The number of aliphatic hydroxyl groups is 1. The minimum Gasteiger partial charge on any atom is -0.392 e. The number of benzene rings is 5. The van der Waals surface area contributed by atoms with Gasteiger partial charge in [-0.1, -0.05) is 128 Å². The molecule has 0 spiro atoms. The molecule has 5 aromatic carbocycles. The van der Waals surface area contributed by atoms with Gasteiger partial charge in [-0.05, 0) is 63.9 Å². The van der Waals surface area contributed by atoms with Gasteiger partial charge < -0.3 is 24.8 Å². The Balaban J connectivity index is 1.11. The van der Waals surface area contributed by atoms with Gasteiger partial charge in [-0.25, -0.2) is 0 Å². The molecule has 0 aliphatic carbocycles. The molecule has 2 heterocycles. The van der Waals surface area contributed by atoms with Crippen molar-refractivity contribution in [3.8, 4) is 11.1 Å². The van der Waals surface area contributed by atoms with Crippen molar-refractivity contribution in [1.82, 2.24) is 15.1 Å². The summed E-state index contributed by atoms with van der Waals surface area (Å²) in [5.41, 5.74) is 7.58. The summed E-state index contributed by atoms with van der Waals surface area (Å²) in [7, 11) is 0. The van der Waals surface area contributed by atoms with Gasteiger partial charge in [-0.3, -0.25) is 14.5 Å². The fraction of sp³-hybridized carbons (Fsp3) is 0.319. The molecule has 0 radical (unpaired) electrons. The van der Waals surface area contributed by atoms with Gasteiger partial charge in [0.2, 0.25) is 5.91 Å². The predicted molar refractivity (Wildman–Crippen MR) is 214 cm³/mol. The lowest BCUT2D eigenvalue weighted by molar-refractivity contribution is -0.276. The van der Waals surface area contributed by atoms with Gasteiger partial charge in [0.25, 0.3) is 0 Å². The highest BCUT2D eigenvalue weighted by Gasteiger charge is 2.47. The molecular formula is C47H48F3N3O5. The number of rotatable bonds is 13. The Kier molecular flexibility index (Phi) is 13.0. The summed E-state index contributed by atoms with van der Waals surface area (Å²) in [6, 6.07) is 43.1. The van der Waals surface area contributed by atoms with Crippen molar-refractivity contribution in [2.75, 3.05) is 13.1 Å². The van der Waals surface area contributed by atoms with Crippen LogP contribution in [0.3, 0.4) is 0 Å². The van der Waals surface area contributed by atoms with Crippen LogP contribution in [-0.2, 0) is 45.3 Å². The molecule has 0 bridgehead atoms. The van der Waals surface area contributed by atoms with E-state index in [1.807, 2.05) is 84.9 Å². The van der Waals surface area contributed by atoms with Crippen molar-refractivity contribution in [1.29, 1.82) is 0 Å². The van der Waals surface area contributed by atoms with Crippen LogP contribution < -0.4 is 5.32 Å². The summed E-state index contributed by atoms with van der Waals surface area (Å²) < 4.78 is 53.2. The Morgan fingerprint density at radius 1 is 0.759 bits per heavy atom. The van der Waals surface area contributed by atoms with Gasteiger partial charge in [0.05, 0.1) is 18.8 Å². The molecule has 5 atom stereocenters. The normalized spacial score (nSPS) is 20.9. The fourth-order valence-electron chi connectivity index (χ4n) is 7.93. The molecule has 0 saturated carbocycles. The maximum atomic E-state index is 13.1. The van der Waals surface area contributed by atoms with Gasteiger partial charge in [0.15, 0.2) is 6.29 Å². The van der Waals surface area contributed by atoms with Crippen molar-refractivity contribution < 1.29 is 37.3 Å². The van der Waals surface area contributed by atoms with Crippen LogP contribution in [0.15, 0.2) is 133 Å². The summed E-state index contributed by atoms with van der Waals surface area (Å²) in [5.74, 6) is -2.62. The molecule has 8 nitrogen and oxygen atoms in total. The molecular weight excluding hydrogens is 744 g/mol. The van der Waals surface area contributed by atoms with Crippen molar-refractivity contribution in [2.24, 2.45) is 5.92 Å². The molecule has 11 heteroatoms. The summed E-state index contributed by atoms with van der Waals surface area (Å²) in [5, 5.41) is 12.5. The molecule has 302 valence electrons. The Labute approximate surface area is 337 Å². The lowest BCUT2D eigenvalue weighted by Crippen LogP contribution is -2.50. The molecule has 2 fully saturated rings. The smallest absolute Gasteiger partial charge is 0.392 e. The van der Waals surface area contributed by atoms with Crippen molar-refractivity contribution in [3.05, 3.63) is 167 Å². The highest BCUT2D eigenvalue weighted by molar-refractivity contribution is 5.90. The number of alkyl halides is 3. The number of ether oxygens (including phenoxy) is 2. The van der Waals surface area contributed by atoms with Gasteiger partial charge >= 0.3 is 12.1 Å². The van der Waals surface area contributed by atoms with E-state index < -0.39 is 30.3 Å². The number of aliphatic hydroxyl groups excluding tert-OH is 1. The zero-order valence-electron chi connectivity index (χ0n) is 32.4. The second-order valence-corrected chi connectivity index (χ2v) is 15.2. The van der Waals surface area contributed by atoms with Gasteiger partial charge in [0.1, 0.15) is 6.04 Å². The Bertz CT molecular complexity index is 2090. The van der Waals surface area contributed by atoms with E-state index in [-0.39, 0.29) is 44.2 Å². The Morgan fingerprint density at radius 3 is 2.02 bits per heavy atom. The van der Waals surface area contributed by atoms with E-state index in [1.54, 1.807) is 0 Å². The van der Waals surface area contributed by atoms with Crippen LogP contribution in [0.4, 0.5) is 13.2 Å². The van der Waals surface area contributed by atoms with Crippen LogP contribution in [0.1, 0.15) is 65.5 Å². The maximum absolute atomic E-state index is 13.1. The lowest BCUT2D eigenvalue weighted by Gasteiger charge is -2.43. The third kappa shape index (κ3) is 10.0. The molecule has 0 unspecified atom stereocenters. The maximum Gasteiger partial charge on any atom is 0.471 e. The topological polar surface area (TPSA) is 91.3 Å². The SMILES string of the molecule is C[C@@H]1[C@H](CN(Cc2ccccc2)Cc2ccccc2)O[C@H](c2cccc(-c3cccc(CNC(=O)[C@@H]4CCCN4C(=O)C(F)(F)F)c3)c2)O[C@@H]1c1ccc(CO)cc1. The third-order valence-corrected chi connectivity index (χ3v) is 11.0. The minimum absolute atomic E-state index is 0.0248. The lowest BCUT2D eigenvalue weighted by atomic mass is 9.89. The predicted octanol–water partition coefficient (Wildman–Crippen LogP) is 8.51. The van der Waals surface area contributed by atoms with Gasteiger partial charge in [-0.2, -0.15) is 13.2 Å². The van der Waals surface area contributed by atoms with Crippen LogP contribution in [-0.4, -0.2) is 58.1 Å². The molecule has 58 heavy (non-hydrogen) atoms. The molecule has 0 aromatic heterocycles. The van der Waals surface area contributed by atoms with Gasteiger partial charge in [-0.15, -0.1) is 0 Å². The van der Waals surface area contributed by atoms with E-state index in [0.29, 0.717) is 17.9 Å². The quantitative estimate of drug-likeness (QED) is 0.124. The molecule has 5 aromatic rings. The molecule has 2 amide bonds. The average Bonchev–Trinajstić information content (AvgIpc) is 3.74. The van der Waals surface area contributed by atoms with E-state index in [2.05, 4.69) is 65.7 Å². The number of hydrogen-bond acceptors (Lipinski definition) is 6. The van der Waals surface area contributed by atoms with Crippen LogP contribution in [0, 0.1) is 5.92 Å². The van der Waals surface area contributed by atoms with Crippen molar-refractivity contribution in [3.63, 3.8) is 0 Å². The number of carbonyl (C=O) groups is 2. The van der Waals surface area contributed by atoms with E-state index in [4.69, 9.17) is 9.47 Å². The number of carbonyl (C=O) groups excluding carboxylic acids is 2. The van der Waals surface area contributed by atoms with E-state index in [9.17, 15) is 27.9 Å². The summed E-state index contributed by atoms with van der Waals surface area (Å²) in [4.78, 5) is 27.9. The van der Waals surface area contributed by atoms with E-state index >= 15 is 0 Å². The Hall–Kier alpha value is -5.33. The molecule has 7 rings (SSSR count). The second-order valence-electron chi connectivity index (χ2n) is 15.2. The minimum atomic E-state index is -5.03. The largest absolute Gasteiger partial charge is 0.471 e. The third-order valence-electron chi connectivity index (χ3n) is 11.0. The number of hydrogen-bond donors (Lipinski definition) is 2. The first kappa shape index (κ1) is 40.9. The summed E-state index contributed by atoms with van der Waals surface area (Å²) in [6.07, 6.45) is -5.74. The highest BCUT2D eigenvalue weighted by Crippen LogP contribution is 2.43. The van der Waals surface area contributed by atoms with Crippen molar-refractivity contribution >= 4 is 11.8 Å². The number of halogens is 3. The van der Waals surface area contributed by atoms with Crippen molar-refractivity contribution in [2.45, 2.75) is 76.7 Å². The number of amides is 2. The van der Waals surface area contributed by atoms with E-state index in [1.165, 1.54) is 11.1 Å². The summed E-state index contributed by atoms with van der Waals surface area (Å²) in [6.45, 7) is 4.21. The number of nitrogens with zero attached hydrogens (tertiary/aromatic N) is 2. The molecule has 2 aliphatic rings. The zero-order valence-corrected chi connectivity index (χ0v) is 32.4. The molecule has 2 saturated heterocycles. The van der Waals surface area contributed by atoms with Gasteiger partial charge in [0, 0.05) is 44.2 Å². The zero-order chi connectivity index (χ0) is 40.6. The van der Waals surface area contributed by atoms with Crippen LogP contribution in [0.5, 0.6) is 0 Å². The summed E-state index contributed by atoms with van der Waals surface area (Å²) >= 11 is 0. The standard InChI is InChI=1S/C47H48F3N3O5/c1-32-42(30-52(28-33-11-4-2-5-12-33)29-34-13-6-3-7-14-34)57-45(58-43(32)37-22-20-35(31-54)21-23-37)40-18-9-17-39(26-40)38-16-8-15-36(25-38)27-51-44(55)41-19-10-24-53(41)46(56)47(48,49)50/h2-9,11-18,20-23,25-26,32,41-43,45,54H,10,19,24,27-31H2,1H3,(H,51,55)/t32-,41+,42+,43+,45+/m1/s1. The second kappa shape index (κ2) is 18.5. The molecule has 2 N–H and O–H groups in total. The first-order valence-electron chi connectivity index (χ1n) is 19.7. The Morgan fingerprint density at radius 2 is 1.38 bits per heavy atom. The average molecular weight is 792 g/mol. The number of nitrogens with one attached hydrogen (secondary N) is 1. The molecule has 2 aliphatic heterocycles. The first-order chi connectivity index (χ1) is 28.1. The van der Waals surface area contributed by atoms with Crippen LogP contribution in [0.2, 0.25) is 0 Å². The monoisotopic (exact) mass is 791 g/mol. The van der Waals surface area contributed by atoms with Crippen LogP contribution >= 0.6 is 0 Å². The van der Waals surface area contributed by atoms with E-state index in [0.717, 1.165) is 46.5 Å². The van der Waals surface area contributed by atoms with Crippen LogP contribution in [0.25, 0.3) is 11.1 Å². The first-order valence-corrected chi connectivity index (χ1v) is 19.7. The number of likely N-dealkylation sites (tertiary alicyclic amines) is 1. The highest BCUT2D eigenvalue weighted by atomic mass is 19.4. The fourth-order valence-corrected chi connectivity index (χ4v) is 7.93.